The molecule has 1 saturated heterocycles. The van der Waals surface area contributed by atoms with E-state index >= 15 is 0 Å². The van der Waals surface area contributed by atoms with Gasteiger partial charge in [0, 0.05) is 30.4 Å². The normalized spacial score (nSPS) is 19.9. The van der Waals surface area contributed by atoms with Gasteiger partial charge in [-0.25, -0.2) is 0 Å². The Kier molecular flexibility index (Phi) is 4.49. The third-order valence-corrected chi connectivity index (χ3v) is 3.80. The van der Waals surface area contributed by atoms with Crippen LogP contribution in [0.25, 0.3) is 0 Å². The largest absolute Gasteiger partial charge is 0.409 e. The summed E-state index contributed by atoms with van der Waals surface area (Å²) in [7, 11) is 4.19. The van der Waals surface area contributed by atoms with Gasteiger partial charge in [0.05, 0.1) is 0 Å². The van der Waals surface area contributed by atoms with E-state index in [2.05, 4.69) is 41.2 Å². The van der Waals surface area contributed by atoms with Gasteiger partial charge in [0.25, 0.3) is 0 Å². The van der Waals surface area contributed by atoms with Crippen molar-refractivity contribution in [3.8, 4) is 0 Å². The van der Waals surface area contributed by atoms with Crippen LogP contribution in [0.4, 0.5) is 5.69 Å². The second-order valence-corrected chi connectivity index (χ2v) is 5.76. The molecular weight excluding hydrogens is 252 g/mol. The van der Waals surface area contributed by atoms with Crippen molar-refractivity contribution in [2.24, 2.45) is 10.9 Å². The van der Waals surface area contributed by atoms with Gasteiger partial charge in [-0.3, -0.25) is 0 Å². The number of benzene rings is 1. The molecule has 110 valence electrons. The van der Waals surface area contributed by atoms with E-state index in [1.54, 1.807) is 0 Å². The van der Waals surface area contributed by atoms with Crippen molar-refractivity contribution in [1.82, 2.24) is 4.90 Å². The van der Waals surface area contributed by atoms with Gasteiger partial charge in [0.15, 0.2) is 5.84 Å². The maximum absolute atomic E-state index is 8.99. The molecule has 1 atom stereocenters. The van der Waals surface area contributed by atoms with E-state index in [4.69, 9.17) is 10.9 Å². The summed E-state index contributed by atoms with van der Waals surface area (Å²) >= 11 is 0. The zero-order valence-corrected chi connectivity index (χ0v) is 12.5. The highest BCUT2D eigenvalue weighted by Gasteiger charge is 2.27. The van der Waals surface area contributed by atoms with Crippen molar-refractivity contribution in [3.05, 3.63) is 29.3 Å². The van der Waals surface area contributed by atoms with E-state index in [1.807, 2.05) is 13.0 Å². The van der Waals surface area contributed by atoms with Gasteiger partial charge >= 0.3 is 0 Å². The maximum Gasteiger partial charge on any atom is 0.172 e. The number of oxime groups is 1. The Labute approximate surface area is 120 Å². The molecular formula is C15H24N4O. The third kappa shape index (κ3) is 3.04. The fourth-order valence-electron chi connectivity index (χ4n) is 2.92. The van der Waals surface area contributed by atoms with Crippen LogP contribution in [0.1, 0.15) is 24.0 Å². The summed E-state index contributed by atoms with van der Waals surface area (Å²) in [5, 5.41) is 12.2. The number of nitrogens with zero attached hydrogens (tertiary/aromatic N) is 3. The van der Waals surface area contributed by atoms with E-state index in [0.29, 0.717) is 6.04 Å². The molecule has 1 aromatic rings. The number of nitrogens with two attached hydrogens (primary N) is 1. The van der Waals surface area contributed by atoms with Gasteiger partial charge in [-0.1, -0.05) is 16.8 Å². The Morgan fingerprint density at radius 1 is 1.50 bits per heavy atom. The van der Waals surface area contributed by atoms with Crippen molar-refractivity contribution in [2.75, 3.05) is 32.1 Å². The third-order valence-electron chi connectivity index (χ3n) is 3.80. The zero-order chi connectivity index (χ0) is 14.7. The van der Waals surface area contributed by atoms with Crippen molar-refractivity contribution in [1.29, 1.82) is 0 Å². The summed E-state index contributed by atoms with van der Waals surface area (Å²) in [6, 6.07) is 6.62. The van der Waals surface area contributed by atoms with E-state index in [9.17, 15) is 0 Å². The van der Waals surface area contributed by atoms with Crippen LogP contribution in [0.2, 0.25) is 0 Å². The SMILES string of the molecule is Cc1ccc(N2CCCC2CN(C)C)c(/C(N)=N/O)c1. The van der Waals surface area contributed by atoms with Gasteiger partial charge in [-0.2, -0.15) is 0 Å². The molecule has 0 aliphatic carbocycles. The van der Waals surface area contributed by atoms with Crippen molar-refractivity contribution in [2.45, 2.75) is 25.8 Å². The van der Waals surface area contributed by atoms with Crippen LogP contribution in [0, 0.1) is 6.92 Å². The van der Waals surface area contributed by atoms with Gasteiger partial charge in [-0.05, 0) is 46.0 Å². The summed E-state index contributed by atoms with van der Waals surface area (Å²) in [4.78, 5) is 4.59. The average molecular weight is 276 g/mol. The molecule has 1 aromatic carbocycles. The summed E-state index contributed by atoms with van der Waals surface area (Å²) in [5.41, 5.74) is 8.83. The number of rotatable bonds is 4. The molecule has 0 saturated carbocycles. The van der Waals surface area contributed by atoms with Crippen LogP contribution in [-0.4, -0.2) is 49.2 Å². The highest BCUT2D eigenvalue weighted by molar-refractivity contribution is 6.02. The molecule has 1 heterocycles. The number of aryl methyl sites for hydroxylation is 1. The number of amidine groups is 1. The predicted octanol–water partition coefficient (Wildman–Crippen LogP) is 1.62. The molecule has 0 bridgehead atoms. The highest BCUT2D eigenvalue weighted by Crippen LogP contribution is 2.29. The average Bonchev–Trinajstić information content (AvgIpc) is 2.85. The van der Waals surface area contributed by atoms with E-state index in [0.717, 1.165) is 29.9 Å². The quantitative estimate of drug-likeness (QED) is 0.379. The lowest BCUT2D eigenvalue weighted by Gasteiger charge is -2.30. The lowest BCUT2D eigenvalue weighted by atomic mass is 10.1. The van der Waals surface area contributed by atoms with Crippen molar-refractivity contribution in [3.63, 3.8) is 0 Å². The molecule has 3 N–H and O–H groups in total. The number of likely N-dealkylation sites (N-methyl/N-ethyl adjacent to an activating group) is 1. The fourth-order valence-corrected chi connectivity index (χ4v) is 2.92. The minimum atomic E-state index is 0.180. The summed E-state index contributed by atoms with van der Waals surface area (Å²) in [5.74, 6) is 0.180. The topological polar surface area (TPSA) is 65.1 Å². The van der Waals surface area contributed by atoms with Gasteiger partial charge in [-0.15, -0.1) is 0 Å². The Hall–Kier alpha value is -1.75. The fraction of sp³-hybridized carbons (Fsp3) is 0.533. The second-order valence-electron chi connectivity index (χ2n) is 5.76. The van der Waals surface area contributed by atoms with Crippen LogP contribution >= 0.6 is 0 Å². The van der Waals surface area contributed by atoms with Gasteiger partial charge < -0.3 is 20.7 Å². The Balaban J connectivity index is 2.36. The maximum atomic E-state index is 8.99. The van der Waals surface area contributed by atoms with E-state index in [1.165, 1.54) is 12.8 Å². The molecule has 1 unspecified atom stereocenters. The van der Waals surface area contributed by atoms with E-state index < -0.39 is 0 Å². The first kappa shape index (κ1) is 14.7. The molecule has 1 aliphatic rings. The minimum absolute atomic E-state index is 0.180. The number of anilines is 1. The molecule has 2 rings (SSSR count). The predicted molar refractivity (Wildman–Crippen MR) is 82.6 cm³/mol. The molecule has 5 heteroatoms. The summed E-state index contributed by atoms with van der Waals surface area (Å²) < 4.78 is 0. The zero-order valence-electron chi connectivity index (χ0n) is 12.5. The summed E-state index contributed by atoms with van der Waals surface area (Å²) in [6.07, 6.45) is 2.36. The van der Waals surface area contributed by atoms with Crippen LogP contribution in [0.3, 0.4) is 0 Å². The van der Waals surface area contributed by atoms with Crippen molar-refractivity contribution < 1.29 is 5.21 Å². The minimum Gasteiger partial charge on any atom is -0.409 e. The number of hydrogen-bond acceptors (Lipinski definition) is 4. The molecule has 1 aliphatic heterocycles. The monoisotopic (exact) mass is 276 g/mol. The second kappa shape index (κ2) is 6.13. The molecule has 0 spiro atoms. The standard InChI is InChI=1S/C15H24N4O/c1-11-6-7-14(13(9-11)15(16)17-20)19-8-4-5-12(19)10-18(2)3/h6-7,9,12,20H,4-5,8,10H2,1-3H3,(H2,16,17). The van der Waals surface area contributed by atoms with Crippen LogP contribution in [0.5, 0.6) is 0 Å². The molecule has 0 radical (unpaired) electrons. The molecule has 0 aromatic heterocycles. The molecule has 20 heavy (non-hydrogen) atoms. The Morgan fingerprint density at radius 3 is 2.90 bits per heavy atom. The summed E-state index contributed by atoms with van der Waals surface area (Å²) in [6.45, 7) is 4.05. The van der Waals surface area contributed by atoms with Crippen LogP contribution < -0.4 is 10.6 Å². The lowest BCUT2D eigenvalue weighted by Crippen LogP contribution is -2.38. The highest BCUT2D eigenvalue weighted by atomic mass is 16.4. The smallest absolute Gasteiger partial charge is 0.172 e. The van der Waals surface area contributed by atoms with E-state index in [-0.39, 0.29) is 5.84 Å². The number of hydrogen-bond donors (Lipinski definition) is 2. The molecule has 0 amide bonds. The molecule has 1 fully saturated rings. The van der Waals surface area contributed by atoms with Crippen LogP contribution in [0.15, 0.2) is 23.4 Å². The first-order chi connectivity index (χ1) is 9.52. The Bertz CT molecular complexity index is 499. The van der Waals surface area contributed by atoms with Crippen molar-refractivity contribution >= 4 is 11.5 Å². The molecule has 5 nitrogen and oxygen atoms in total. The Morgan fingerprint density at radius 2 is 2.25 bits per heavy atom. The van der Waals surface area contributed by atoms with Crippen LogP contribution in [-0.2, 0) is 0 Å². The van der Waals surface area contributed by atoms with Gasteiger partial charge in [0.1, 0.15) is 0 Å². The van der Waals surface area contributed by atoms with Gasteiger partial charge in [0.2, 0.25) is 0 Å². The lowest BCUT2D eigenvalue weighted by molar-refractivity contribution is 0.318. The first-order valence-electron chi connectivity index (χ1n) is 7.03. The first-order valence-corrected chi connectivity index (χ1v) is 7.03.